The molecule has 0 fully saturated rings. The number of rotatable bonds is 7. The molecule has 0 radical (unpaired) electrons. The lowest BCUT2D eigenvalue weighted by Gasteiger charge is -2.29. The van der Waals surface area contributed by atoms with Gasteiger partial charge in [0, 0.05) is 17.9 Å². The standard InChI is InChI=1S/C12H17BrN2O3S/c1-3-12(4-2,7-13)8-14-11(16)9-5-6-10(19-9)15(17)18/h5-6H,3-4,7-8H2,1-2H3,(H,14,16). The Bertz CT molecular complexity index is 449. The number of nitro groups is 1. The maximum absolute atomic E-state index is 11.9. The van der Waals surface area contributed by atoms with Gasteiger partial charge in [0.15, 0.2) is 0 Å². The van der Waals surface area contributed by atoms with Crippen molar-refractivity contribution in [3.63, 3.8) is 0 Å². The number of nitrogens with zero attached hydrogens (tertiary/aromatic N) is 1. The summed E-state index contributed by atoms with van der Waals surface area (Å²) in [5, 5.41) is 14.2. The van der Waals surface area contributed by atoms with Crippen LogP contribution >= 0.6 is 27.3 Å². The largest absolute Gasteiger partial charge is 0.351 e. The van der Waals surface area contributed by atoms with Gasteiger partial charge in [-0.05, 0) is 24.3 Å². The van der Waals surface area contributed by atoms with Crippen molar-refractivity contribution < 1.29 is 9.72 Å². The molecule has 7 heteroatoms. The van der Waals surface area contributed by atoms with Crippen LogP contribution in [0.15, 0.2) is 12.1 Å². The van der Waals surface area contributed by atoms with Gasteiger partial charge in [-0.25, -0.2) is 0 Å². The van der Waals surface area contributed by atoms with Crippen LogP contribution in [0.5, 0.6) is 0 Å². The zero-order chi connectivity index (χ0) is 14.5. The molecule has 0 bridgehead atoms. The summed E-state index contributed by atoms with van der Waals surface area (Å²) < 4.78 is 0. The van der Waals surface area contributed by atoms with Crippen LogP contribution in [0.3, 0.4) is 0 Å². The van der Waals surface area contributed by atoms with Crippen LogP contribution in [0.2, 0.25) is 0 Å². The summed E-state index contributed by atoms with van der Waals surface area (Å²) in [6.07, 6.45) is 1.92. The van der Waals surface area contributed by atoms with Gasteiger partial charge in [0.2, 0.25) is 0 Å². The van der Waals surface area contributed by atoms with Gasteiger partial charge in [-0.15, -0.1) is 0 Å². The summed E-state index contributed by atoms with van der Waals surface area (Å²) in [6, 6.07) is 2.85. The summed E-state index contributed by atoms with van der Waals surface area (Å²) in [5.74, 6) is -0.245. The van der Waals surface area contributed by atoms with E-state index in [2.05, 4.69) is 35.1 Å². The molecule has 1 aromatic heterocycles. The van der Waals surface area contributed by atoms with E-state index in [0.29, 0.717) is 11.4 Å². The third kappa shape index (κ3) is 4.01. The fourth-order valence-electron chi connectivity index (χ4n) is 1.64. The van der Waals surface area contributed by atoms with Crippen molar-refractivity contribution in [2.45, 2.75) is 26.7 Å². The monoisotopic (exact) mass is 348 g/mol. The van der Waals surface area contributed by atoms with Crippen LogP contribution in [-0.2, 0) is 0 Å². The van der Waals surface area contributed by atoms with E-state index in [1.54, 1.807) is 0 Å². The van der Waals surface area contributed by atoms with Crippen LogP contribution in [0.4, 0.5) is 5.00 Å². The molecule has 0 aromatic carbocycles. The molecule has 106 valence electrons. The molecule has 0 unspecified atom stereocenters. The molecule has 0 aliphatic heterocycles. The van der Waals surface area contributed by atoms with Crippen molar-refractivity contribution in [1.82, 2.24) is 5.32 Å². The van der Waals surface area contributed by atoms with E-state index in [-0.39, 0.29) is 16.3 Å². The highest BCUT2D eigenvalue weighted by Crippen LogP contribution is 2.28. The number of hydrogen-bond acceptors (Lipinski definition) is 4. The zero-order valence-electron chi connectivity index (χ0n) is 10.9. The van der Waals surface area contributed by atoms with E-state index in [9.17, 15) is 14.9 Å². The van der Waals surface area contributed by atoms with Gasteiger partial charge in [-0.2, -0.15) is 0 Å². The maximum atomic E-state index is 11.9. The lowest BCUT2D eigenvalue weighted by molar-refractivity contribution is -0.380. The van der Waals surface area contributed by atoms with E-state index >= 15 is 0 Å². The number of halogens is 1. The molecule has 1 rings (SSSR count). The molecular weight excluding hydrogens is 332 g/mol. The van der Waals surface area contributed by atoms with Crippen molar-refractivity contribution in [3.05, 3.63) is 27.1 Å². The Hall–Kier alpha value is -0.950. The van der Waals surface area contributed by atoms with E-state index < -0.39 is 4.92 Å². The van der Waals surface area contributed by atoms with Gasteiger partial charge in [0.1, 0.15) is 0 Å². The molecule has 0 aliphatic carbocycles. The smallest absolute Gasteiger partial charge is 0.324 e. The minimum absolute atomic E-state index is 0.0112. The molecule has 0 saturated heterocycles. The number of hydrogen-bond donors (Lipinski definition) is 1. The number of carbonyl (C=O) groups is 1. The molecule has 1 heterocycles. The third-order valence-corrected chi connectivity index (χ3v) is 5.63. The second-order valence-corrected chi connectivity index (χ2v) is 6.04. The van der Waals surface area contributed by atoms with E-state index in [0.717, 1.165) is 29.5 Å². The first-order valence-corrected chi connectivity index (χ1v) is 8.00. The topological polar surface area (TPSA) is 72.2 Å². The van der Waals surface area contributed by atoms with E-state index in [1.165, 1.54) is 12.1 Å². The molecule has 0 spiro atoms. The molecule has 1 N–H and O–H groups in total. The van der Waals surface area contributed by atoms with Crippen LogP contribution in [0.25, 0.3) is 0 Å². The number of amides is 1. The lowest BCUT2D eigenvalue weighted by atomic mass is 9.84. The van der Waals surface area contributed by atoms with Crippen molar-refractivity contribution in [2.24, 2.45) is 5.41 Å². The normalized spacial score (nSPS) is 11.3. The highest BCUT2D eigenvalue weighted by Gasteiger charge is 2.26. The number of thiophene rings is 1. The Balaban J connectivity index is 2.66. The molecule has 0 aliphatic rings. The van der Waals surface area contributed by atoms with Gasteiger partial charge in [-0.3, -0.25) is 14.9 Å². The van der Waals surface area contributed by atoms with Gasteiger partial charge in [-0.1, -0.05) is 41.1 Å². The van der Waals surface area contributed by atoms with Gasteiger partial charge in [0.25, 0.3) is 5.91 Å². The fraction of sp³-hybridized carbons (Fsp3) is 0.583. The minimum Gasteiger partial charge on any atom is -0.351 e. The fourth-order valence-corrected chi connectivity index (χ4v) is 3.37. The summed E-state index contributed by atoms with van der Waals surface area (Å²) >= 11 is 4.38. The number of alkyl halides is 1. The molecule has 5 nitrogen and oxygen atoms in total. The number of nitrogens with one attached hydrogen (secondary N) is 1. The molecule has 1 amide bonds. The quantitative estimate of drug-likeness (QED) is 0.465. The Kier molecular flexibility index (Phi) is 5.93. The first-order chi connectivity index (χ1) is 8.98. The summed E-state index contributed by atoms with van der Waals surface area (Å²) in [7, 11) is 0. The molecular formula is C12H17BrN2O3S. The average Bonchev–Trinajstić information content (AvgIpc) is 2.90. The lowest BCUT2D eigenvalue weighted by Crippen LogP contribution is -2.37. The average molecular weight is 349 g/mol. The second-order valence-electron chi connectivity index (χ2n) is 4.42. The highest BCUT2D eigenvalue weighted by atomic mass is 79.9. The van der Waals surface area contributed by atoms with Gasteiger partial charge >= 0.3 is 5.00 Å². The van der Waals surface area contributed by atoms with E-state index in [4.69, 9.17) is 0 Å². The summed E-state index contributed by atoms with van der Waals surface area (Å²) in [6.45, 7) is 4.75. The number of carbonyl (C=O) groups excluding carboxylic acids is 1. The van der Waals surface area contributed by atoms with Crippen LogP contribution in [-0.4, -0.2) is 22.7 Å². The van der Waals surface area contributed by atoms with Crippen LogP contribution in [0, 0.1) is 15.5 Å². The van der Waals surface area contributed by atoms with Crippen LogP contribution in [0.1, 0.15) is 36.4 Å². The molecule has 0 saturated carbocycles. The summed E-state index contributed by atoms with van der Waals surface area (Å²) in [5.41, 5.74) is 0.0405. The summed E-state index contributed by atoms with van der Waals surface area (Å²) in [4.78, 5) is 22.4. The molecule has 19 heavy (non-hydrogen) atoms. The first-order valence-electron chi connectivity index (χ1n) is 6.06. The molecule has 1 aromatic rings. The predicted octanol–water partition coefficient (Wildman–Crippen LogP) is 3.59. The third-order valence-electron chi connectivity index (χ3n) is 3.40. The highest BCUT2D eigenvalue weighted by molar-refractivity contribution is 9.09. The minimum atomic E-state index is -0.484. The van der Waals surface area contributed by atoms with Crippen molar-refractivity contribution in [2.75, 3.05) is 11.9 Å². The molecule has 0 atom stereocenters. The van der Waals surface area contributed by atoms with Gasteiger partial charge in [0.05, 0.1) is 9.80 Å². The predicted molar refractivity (Wildman–Crippen MR) is 80.1 cm³/mol. The second kappa shape index (κ2) is 7.00. The Morgan fingerprint density at radius 2 is 2.11 bits per heavy atom. The Labute approximate surface area is 124 Å². The maximum Gasteiger partial charge on any atom is 0.324 e. The van der Waals surface area contributed by atoms with Crippen LogP contribution < -0.4 is 5.32 Å². The van der Waals surface area contributed by atoms with Crippen molar-refractivity contribution in [3.8, 4) is 0 Å². The zero-order valence-corrected chi connectivity index (χ0v) is 13.3. The van der Waals surface area contributed by atoms with Crippen molar-refractivity contribution >= 4 is 38.2 Å². The van der Waals surface area contributed by atoms with Gasteiger partial charge < -0.3 is 5.32 Å². The SMILES string of the molecule is CCC(CC)(CBr)CNC(=O)c1ccc([N+](=O)[O-])s1. The first kappa shape index (κ1) is 16.1. The van der Waals surface area contributed by atoms with Crippen molar-refractivity contribution in [1.29, 1.82) is 0 Å². The Morgan fingerprint density at radius 1 is 1.47 bits per heavy atom. The van der Waals surface area contributed by atoms with E-state index in [1.807, 2.05) is 0 Å². The Morgan fingerprint density at radius 3 is 2.53 bits per heavy atom.